The molecular weight excluding hydrogens is 148 g/mol. The average Bonchev–Trinajstić information content (AvgIpc) is 2.07. The minimum atomic E-state index is 0.218. The summed E-state index contributed by atoms with van der Waals surface area (Å²) in [6.45, 7) is 0. The maximum Gasteiger partial charge on any atom is 0.0322 e. The van der Waals surface area contributed by atoms with Gasteiger partial charge < -0.3 is 0 Å². The molecule has 0 aromatic heterocycles. The van der Waals surface area contributed by atoms with Gasteiger partial charge in [0.1, 0.15) is 0 Å². The van der Waals surface area contributed by atoms with Crippen LogP contribution in [0.5, 0.6) is 0 Å². The van der Waals surface area contributed by atoms with Crippen molar-refractivity contribution >= 4 is 9.52 Å². The van der Waals surface area contributed by atoms with Crippen molar-refractivity contribution in [1.29, 1.82) is 0 Å². The zero-order valence-electron chi connectivity index (χ0n) is 7.05. The van der Waals surface area contributed by atoms with Crippen molar-refractivity contribution in [2.24, 2.45) is 0 Å². The Kier molecular flexibility index (Phi) is 1.99. The number of allylic oxidation sites excluding steroid dienone is 4. The van der Waals surface area contributed by atoms with Crippen molar-refractivity contribution in [3.63, 3.8) is 0 Å². The molecule has 2 rings (SSSR count). The summed E-state index contributed by atoms with van der Waals surface area (Å²) in [5, 5.41) is 0.729. The zero-order chi connectivity index (χ0) is 7.57. The normalized spacial score (nSPS) is 38.5. The van der Waals surface area contributed by atoms with E-state index in [1.54, 1.807) is 6.04 Å². The van der Waals surface area contributed by atoms with Crippen LogP contribution < -0.4 is 0 Å². The Morgan fingerprint density at radius 3 is 2.82 bits per heavy atom. The van der Waals surface area contributed by atoms with Crippen LogP contribution in [0.3, 0.4) is 0 Å². The summed E-state index contributed by atoms with van der Waals surface area (Å²) in [6, 6.07) is 1.58. The van der Waals surface area contributed by atoms with Crippen LogP contribution in [-0.4, -0.2) is 9.52 Å². The van der Waals surface area contributed by atoms with Crippen molar-refractivity contribution in [2.75, 3.05) is 0 Å². The largest absolute Gasteiger partial charge is 0.0840 e. The van der Waals surface area contributed by atoms with E-state index < -0.39 is 0 Å². The van der Waals surface area contributed by atoms with Crippen molar-refractivity contribution < 1.29 is 0 Å². The molecule has 0 radical (unpaired) electrons. The molecule has 1 fully saturated rings. The summed E-state index contributed by atoms with van der Waals surface area (Å²) >= 11 is 0. The van der Waals surface area contributed by atoms with Crippen molar-refractivity contribution in [2.45, 2.75) is 36.8 Å². The van der Waals surface area contributed by atoms with Gasteiger partial charge >= 0.3 is 0 Å². The van der Waals surface area contributed by atoms with E-state index in [-0.39, 0.29) is 9.52 Å². The molecular formula is C10H16Si. The third-order valence-corrected chi connectivity index (χ3v) is 5.80. The van der Waals surface area contributed by atoms with Crippen LogP contribution in [0.2, 0.25) is 11.1 Å². The molecule has 0 saturated carbocycles. The van der Waals surface area contributed by atoms with Gasteiger partial charge in [-0.15, -0.1) is 0 Å². The minimum absolute atomic E-state index is 0.218. The highest BCUT2D eigenvalue weighted by molar-refractivity contribution is 6.41. The monoisotopic (exact) mass is 164 g/mol. The van der Waals surface area contributed by atoms with E-state index in [0.29, 0.717) is 0 Å². The molecule has 1 atom stereocenters. The SMILES string of the molecule is C1=CCC2(C=C1)CCCC[SiH2]2. The van der Waals surface area contributed by atoms with Crippen LogP contribution in [0.25, 0.3) is 0 Å². The molecule has 0 aromatic carbocycles. The molecule has 2 aliphatic rings. The van der Waals surface area contributed by atoms with Crippen molar-refractivity contribution in [3.05, 3.63) is 24.3 Å². The Balaban J connectivity index is 2.08. The lowest BCUT2D eigenvalue weighted by Crippen LogP contribution is -2.22. The molecule has 1 heterocycles. The Hall–Kier alpha value is -0.303. The van der Waals surface area contributed by atoms with Crippen LogP contribution in [0.4, 0.5) is 0 Å². The highest BCUT2D eigenvalue weighted by Crippen LogP contribution is 2.43. The first-order chi connectivity index (χ1) is 5.41. The first-order valence-electron chi connectivity index (χ1n) is 4.76. The van der Waals surface area contributed by atoms with E-state index in [1.165, 1.54) is 25.7 Å². The first-order valence-corrected chi connectivity index (χ1v) is 6.46. The second-order valence-corrected chi connectivity index (χ2v) is 6.53. The van der Waals surface area contributed by atoms with Gasteiger partial charge in [-0.2, -0.15) is 0 Å². The van der Waals surface area contributed by atoms with Crippen LogP contribution in [-0.2, 0) is 0 Å². The molecule has 1 aliphatic heterocycles. The van der Waals surface area contributed by atoms with E-state index in [9.17, 15) is 0 Å². The van der Waals surface area contributed by atoms with E-state index >= 15 is 0 Å². The summed E-state index contributed by atoms with van der Waals surface area (Å²) < 4.78 is 0. The lowest BCUT2D eigenvalue weighted by atomic mass is 9.93. The molecule has 60 valence electrons. The van der Waals surface area contributed by atoms with Crippen LogP contribution in [0, 0.1) is 0 Å². The quantitative estimate of drug-likeness (QED) is 0.482. The predicted octanol–water partition coefficient (Wildman–Crippen LogP) is 2.43. The molecule has 1 unspecified atom stereocenters. The minimum Gasteiger partial charge on any atom is -0.0840 e. The fourth-order valence-corrected chi connectivity index (χ4v) is 4.82. The molecule has 1 aliphatic carbocycles. The van der Waals surface area contributed by atoms with Gasteiger partial charge in [-0.25, -0.2) is 0 Å². The summed E-state index contributed by atoms with van der Waals surface area (Å²) in [4.78, 5) is 0. The summed E-state index contributed by atoms with van der Waals surface area (Å²) in [5.41, 5.74) is 0. The number of hydrogen-bond acceptors (Lipinski definition) is 0. The molecule has 0 bridgehead atoms. The predicted molar refractivity (Wildman–Crippen MR) is 52.8 cm³/mol. The highest BCUT2D eigenvalue weighted by atomic mass is 28.2. The average molecular weight is 164 g/mol. The Labute approximate surface area is 71.2 Å². The van der Waals surface area contributed by atoms with Gasteiger partial charge in [0, 0.05) is 9.52 Å². The lowest BCUT2D eigenvalue weighted by molar-refractivity contribution is 0.541. The van der Waals surface area contributed by atoms with Crippen molar-refractivity contribution in [3.8, 4) is 0 Å². The van der Waals surface area contributed by atoms with Crippen LogP contribution >= 0.6 is 0 Å². The zero-order valence-corrected chi connectivity index (χ0v) is 8.47. The van der Waals surface area contributed by atoms with Crippen LogP contribution in [0.15, 0.2) is 24.3 Å². The molecule has 0 amide bonds. The number of hydrogen-bond donors (Lipinski definition) is 0. The van der Waals surface area contributed by atoms with Gasteiger partial charge in [-0.1, -0.05) is 43.2 Å². The molecule has 0 N–H and O–H groups in total. The van der Waals surface area contributed by atoms with Gasteiger partial charge in [-0.05, 0) is 17.9 Å². The molecule has 1 spiro atoms. The third kappa shape index (κ3) is 1.48. The Morgan fingerprint density at radius 1 is 1.18 bits per heavy atom. The molecule has 1 saturated heterocycles. The topological polar surface area (TPSA) is 0 Å². The maximum absolute atomic E-state index is 2.50. The standard InChI is InChI=1S/C10H16Si/c1-2-6-10(7-3-1)8-4-5-9-11-10/h1-3,6H,4-5,7-9,11H2. The second-order valence-electron chi connectivity index (χ2n) is 3.91. The molecule has 11 heavy (non-hydrogen) atoms. The van der Waals surface area contributed by atoms with Gasteiger partial charge in [-0.3, -0.25) is 0 Å². The van der Waals surface area contributed by atoms with Gasteiger partial charge in [0.25, 0.3) is 0 Å². The highest BCUT2D eigenvalue weighted by Gasteiger charge is 2.28. The first kappa shape index (κ1) is 7.35. The van der Waals surface area contributed by atoms with E-state index in [1.807, 2.05) is 0 Å². The van der Waals surface area contributed by atoms with Gasteiger partial charge in [0.15, 0.2) is 0 Å². The maximum atomic E-state index is 2.50. The third-order valence-electron chi connectivity index (χ3n) is 3.07. The summed E-state index contributed by atoms with van der Waals surface area (Å²) in [6.07, 6.45) is 15.2. The van der Waals surface area contributed by atoms with E-state index in [4.69, 9.17) is 0 Å². The molecule has 0 nitrogen and oxygen atoms in total. The fraction of sp³-hybridized carbons (Fsp3) is 0.600. The van der Waals surface area contributed by atoms with Gasteiger partial charge in [0.2, 0.25) is 0 Å². The van der Waals surface area contributed by atoms with E-state index in [2.05, 4.69) is 24.3 Å². The summed E-state index contributed by atoms with van der Waals surface area (Å²) in [7, 11) is 0.218. The number of rotatable bonds is 0. The fourth-order valence-electron chi connectivity index (χ4n) is 2.34. The van der Waals surface area contributed by atoms with Crippen LogP contribution in [0.1, 0.15) is 25.7 Å². The second kappa shape index (κ2) is 2.98. The van der Waals surface area contributed by atoms with E-state index in [0.717, 1.165) is 5.04 Å². The van der Waals surface area contributed by atoms with Gasteiger partial charge in [0.05, 0.1) is 0 Å². The smallest absolute Gasteiger partial charge is 0.0322 e. The summed E-state index contributed by atoms with van der Waals surface area (Å²) in [5.74, 6) is 0. The molecule has 1 heteroatoms. The Bertz CT molecular complexity index is 185. The Morgan fingerprint density at radius 2 is 2.18 bits per heavy atom. The molecule has 0 aromatic rings. The van der Waals surface area contributed by atoms with Crippen molar-refractivity contribution in [1.82, 2.24) is 0 Å². The lowest BCUT2D eigenvalue weighted by Gasteiger charge is -2.34.